The third-order valence-electron chi connectivity index (χ3n) is 7.60. The number of hydrogen-bond donors (Lipinski definition) is 2. The van der Waals surface area contributed by atoms with Gasteiger partial charge in [-0.2, -0.15) is 0 Å². The van der Waals surface area contributed by atoms with Crippen LogP contribution in [-0.4, -0.2) is 68.5 Å². The van der Waals surface area contributed by atoms with Gasteiger partial charge in [-0.3, -0.25) is 9.59 Å². The summed E-state index contributed by atoms with van der Waals surface area (Å²) >= 11 is 5.63. The normalized spacial score (nSPS) is 22.5. The predicted octanol–water partition coefficient (Wildman–Crippen LogP) is 3.10. The fourth-order valence-electron chi connectivity index (χ4n) is 5.37. The Morgan fingerprint density at radius 3 is 2.95 bits per heavy atom. The fourth-order valence-corrected chi connectivity index (χ4v) is 6.42. The van der Waals surface area contributed by atoms with Gasteiger partial charge in [-0.05, 0) is 71.8 Å². The first-order valence-electron chi connectivity index (χ1n) is 12.7. The van der Waals surface area contributed by atoms with Gasteiger partial charge in [-0.1, -0.05) is 24.3 Å². The molecule has 0 radical (unpaired) electrons. The molecule has 0 spiro atoms. The molecule has 0 bridgehead atoms. The lowest BCUT2D eigenvalue weighted by Gasteiger charge is -2.32. The number of benzene rings is 1. The summed E-state index contributed by atoms with van der Waals surface area (Å²) in [6.45, 7) is 7.20. The van der Waals surface area contributed by atoms with Crippen LogP contribution in [0.2, 0.25) is 5.02 Å². The van der Waals surface area contributed by atoms with Gasteiger partial charge >= 0.3 is 0 Å². The van der Waals surface area contributed by atoms with Crippen LogP contribution in [0.4, 0.5) is 0 Å². The van der Waals surface area contributed by atoms with Gasteiger partial charge in [0.2, 0.25) is 0 Å². The molecule has 0 fully saturated rings. The number of carbonyl (C=O) groups is 2. The molecule has 4 aliphatic rings. The molecule has 204 valence electrons. The van der Waals surface area contributed by atoms with Crippen molar-refractivity contribution >= 4 is 34.6 Å². The second kappa shape index (κ2) is 11.0. The number of carbonyl (C=O) groups excluding carboxylic acids is 2. The molecule has 0 saturated carbocycles. The highest BCUT2D eigenvalue weighted by Gasteiger charge is 2.31. The Hall–Kier alpha value is -3.32. The van der Waals surface area contributed by atoms with Crippen molar-refractivity contribution < 1.29 is 24.0 Å². The van der Waals surface area contributed by atoms with Gasteiger partial charge in [0.1, 0.15) is 23.7 Å². The smallest absolute Gasteiger partial charge is 0.253 e. The molecule has 1 aromatic rings. The molecule has 5 rings (SSSR count). The number of allylic oxidation sites excluding steroid dienone is 2. The molecule has 0 aromatic heterocycles. The molecule has 0 saturated heterocycles. The van der Waals surface area contributed by atoms with Gasteiger partial charge in [-0.25, -0.2) is 0 Å². The largest absolute Gasteiger partial charge is 0.616 e. The number of ether oxygens (including phenoxy) is 1. The molecule has 10 heteroatoms. The molecular formula is C29H30ClN3O5S. The minimum Gasteiger partial charge on any atom is -0.616 e. The van der Waals surface area contributed by atoms with E-state index in [0.29, 0.717) is 49.4 Å². The van der Waals surface area contributed by atoms with Crippen molar-refractivity contribution in [2.24, 2.45) is 5.92 Å². The van der Waals surface area contributed by atoms with E-state index in [0.717, 1.165) is 16.7 Å². The molecular weight excluding hydrogens is 538 g/mol. The zero-order valence-corrected chi connectivity index (χ0v) is 23.4. The van der Waals surface area contributed by atoms with Gasteiger partial charge in [-0.15, -0.1) is 0 Å². The third-order valence-corrected chi connectivity index (χ3v) is 9.06. The van der Waals surface area contributed by atoms with E-state index in [1.807, 2.05) is 30.2 Å². The van der Waals surface area contributed by atoms with E-state index < -0.39 is 23.1 Å². The maximum atomic E-state index is 13.4. The SMILES string of the molecule is C=C(O)[C@H](CN1C=CC([S+](C)[O-])C1)NC(=O)c1c(Cl)cc2c(c1C)CCN(C(=O)C1=CCC3C#COC3=C1)C2. The minimum absolute atomic E-state index is 0.0304. The maximum absolute atomic E-state index is 13.4. The molecule has 1 aromatic carbocycles. The van der Waals surface area contributed by atoms with Crippen molar-refractivity contribution in [3.8, 4) is 12.0 Å². The number of fused-ring (bicyclic) bond motifs is 2. The maximum Gasteiger partial charge on any atom is 0.253 e. The first kappa shape index (κ1) is 27.3. The number of rotatable bonds is 7. The second-order valence-electron chi connectivity index (χ2n) is 10.2. The Balaban J connectivity index is 1.28. The summed E-state index contributed by atoms with van der Waals surface area (Å²) in [4.78, 5) is 30.3. The van der Waals surface area contributed by atoms with Gasteiger partial charge in [0.15, 0.2) is 5.25 Å². The quantitative estimate of drug-likeness (QED) is 0.298. The fraction of sp³-hybridized carbons (Fsp3) is 0.379. The zero-order chi connectivity index (χ0) is 27.8. The van der Waals surface area contributed by atoms with Gasteiger partial charge in [0.05, 0.1) is 29.3 Å². The summed E-state index contributed by atoms with van der Waals surface area (Å²) in [7, 11) is 0. The predicted molar refractivity (Wildman–Crippen MR) is 150 cm³/mol. The Morgan fingerprint density at radius 1 is 1.44 bits per heavy atom. The molecule has 3 aliphatic heterocycles. The second-order valence-corrected chi connectivity index (χ2v) is 12.2. The van der Waals surface area contributed by atoms with E-state index in [1.54, 1.807) is 23.3 Å². The summed E-state index contributed by atoms with van der Waals surface area (Å²) in [6, 6.07) is 1.01. The standard InChI is InChI=1S/C29H30ClN3O5S/c1-17-23-7-10-33(29(36)20-5-4-19-8-11-38-26(19)13-20)14-21(23)12-24(30)27(17)28(35)31-25(18(2)34)16-32-9-6-22(15-32)39(3)37/h5-6,9,12-13,19,22,25,34H,2,4,7,10,14-16H2,1,3H3,(H,31,35)/t19?,22?,25-,39?/m0/s1. The van der Waals surface area contributed by atoms with Crippen LogP contribution in [0.3, 0.4) is 0 Å². The molecule has 2 amide bonds. The van der Waals surface area contributed by atoms with E-state index >= 15 is 0 Å². The summed E-state index contributed by atoms with van der Waals surface area (Å²) in [5.41, 5.74) is 3.58. The number of aliphatic hydroxyl groups excluding tert-OH is 1. The Morgan fingerprint density at radius 2 is 2.23 bits per heavy atom. The van der Waals surface area contributed by atoms with Crippen LogP contribution in [0.25, 0.3) is 0 Å². The number of halogens is 1. The lowest BCUT2D eigenvalue weighted by molar-refractivity contribution is -0.127. The first-order chi connectivity index (χ1) is 18.6. The molecule has 3 unspecified atom stereocenters. The topological polar surface area (TPSA) is 105 Å². The highest BCUT2D eigenvalue weighted by Crippen LogP contribution is 2.33. The van der Waals surface area contributed by atoms with Crippen molar-refractivity contribution in [1.82, 2.24) is 15.1 Å². The first-order valence-corrected chi connectivity index (χ1v) is 14.7. The van der Waals surface area contributed by atoms with Crippen LogP contribution in [0.1, 0.15) is 33.5 Å². The monoisotopic (exact) mass is 567 g/mol. The van der Waals surface area contributed by atoms with Crippen molar-refractivity contribution in [3.05, 3.63) is 81.4 Å². The van der Waals surface area contributed by atoms with Gasteiger partial charge < -0.3 is 29.5 Å². The molecule has 2 N–H and O–H groups in total. The third kappa shape index (κ3) is 5.55. The molecule has 8 nitrogen and oxygen atoms in total. The van der Waals surface area contributed by atoms with Gasteiger partial charge in [0.25, 0.3) is 11.8 Å². The van der Waals surface area contributed by atoms with E-state index in [-0.39, 0.29) is 34.4 Å². The lowest BCUT2D eigenvalue weighted by atomic mass is 9.90. The Kier molecular flexibility index (Phi) is 7.72. The van der Waals surface area contributed by atoms with Crippen molar-refractivity contribution in [3.63, 3.8) is 0 Å². The van der Waals surface area contributed by atoms with Crippen molar-refractivity contribution in [2.45, 2.75) is 37.6 Å². The number of aliphatic hydroxyl groups is 1. The summed E-state index contributed by atoms with van der Waals surface area (Å²) in [5.74, 6) is 3.05. The number of nitrogens with zero attached hydrogens (tertiary/aromatic N) is 2. The Bertz CT molecular complexity index is 1390. The van der Waals surface area contributed by atoms with Crippen LogP contribution < -0.4 is 5.32 Å². The summed E-state index contributed by atoms with van der Waals surface area (Å²) in [6.07, 6.45) is 12.9. The van der Waals surface area contributed by atoms with Crippen LogP contribution in [0.5, 0.6) is 0 Å². The van der Waals surface area contributed by atoms with Crippen LogP contribution in [-0.2, 0) is 33.7 Å². The van der Waals surface area contributed by atoms with Crippen LogP contribution in [0.15, 0.2) is 54.2 Å². The number of hydrogen-bond acceptors (Lipinski definition) is 6. The molecule has 1 aliphatic carbocycles. The highest BCUT2D eigenvalue weighted by atomic mass is 35.5. The molecule has 39 heavy (non-hydrogen) atoms. The minimum atomic E-state index is -1.00. The highest BCUT2D eigenvalue weighted by molar-refractivity contribution is 7.91. The van der Waals surface area contributed by atoms with Crippen LogP contribution in [0, 0.1) is 24.9 Å². The summed E-state index contributed by atoms with van der Waals surface area (Å²) < 4.78 is 17.1. The van der Waals surface area contributed by atoms with E-state index in [4.69, 9.17) is 16.3 Å². The Labute approximate surface area is 236 Å². The van der Waals surface area contributed by atoms with Gasteiger partial charge in [0, 0.05) is 31.4 Å². The molecule has 4 atom stereocenters. The van der Waals surface area contributed by atoms with E-state index in [2.05, 4.69) is 23.9 Å². The average molecular weight is 568 g/mol. The lowest BCUT2D eigenvalue weighted by Crippen LogP contribution is -2.44. The molecule has 3 heterocycles. The number of nitrogens with one attached hydrogen (secondary N) is 1. The van der Waals surface area contributed by atoms with E-state index in [9.17, 15) is 19.2 Å². The number of amides is 2. The van der Waals surface area contributed by atoms with E-state index in [1.165, 1.54) is 0 Å². The van der Waals surface area contributed by atoms with Crippen molar-refractivity contribution in [1.29, 1.82) is 0 Å². The average Bonchev–Trinajstić information content (AvgIpc) is 3.56. The van der Waals surface area contributed by atoms with Crippen molar-refractivity contribution in [2.75, 3.05) is 25.9 Å². The van der Waals surface area contributed by atoms with Crippen LogP contribution >= 0.6 is 11.6 Å². The summed E-state index contributed by atoms with van der Waals surface area (Å²) in [5, 5.41) is 13.2. The zero-order valence-electron chi connectivity index (χ0n) is 21.8.